The maximum absolute atomic E-state index is 12.7. The van der Waals surface area contributed by atoms with E-state index in [0.717, 1.165) is 18.5 Å². The topological polar surface area (TPSA) is 67.2 Å². The van der Waals surface area contributed by atoms with E-state index in [9.17, 15) is 9.59 Å². The van der Waals surface area contributed by atoms with Gasteiger partial charge < -0.3 is 10.2 Å². The van der Waals surface area contributed by atoms with Gasteiger partial charge in [0.1, 0.15) is 0 Å². The molecule has 0 spiro atoms. The molecule has 1 aliphatic heterocycles. The highest BCUT2D eigenvalue weighted by Crippen LogP contribution is 2.35. The fourth-order valence-electron chi connectivity index (χ4n) is 4.90. The third-order valence-corrected chi connectivity index (χ3v) is 6.99. The standard InChI is InChI=1S/C24H32N4O2/c1-17-5-3-6-22(18(17)2)28-16-21(13-23(28)29)24(30)25-14-19-7-9-20(10-8-19)15-27-12-4-11-26-27/h4,7-12,17-18,21-22H,3,5-6,13-16H2,1-2H3,(H,25,30)/t17-,18+,21+,22+/m1/s1. The number of carbonyl (C=O) groups excluding carboxylic acids is 2. The fourth-order valence-corrected chi connectivity index (χ4v) is 4.90. The molecule has 4 atom stereocenters. The third kappa shape index (κ3) is 4.58. The molecular weight excluding hydrogens is 376 g/mol. The summed E-state index contributed by atoms with van der Waals surface area (Å²) in [6, 6.07) is 10.4. The van der Waals surface area contributed by atoms with Gasteiger partial charge in [0.15, 0.2) is 0 Å². The number of benzene rings is 1. The number of nitrogens with zero attached hydrogens (tertiary/aromatic N) is 3. The lowest BCUT2D eigenvalue weighted by atomic mass is 9.77. The van der Waals surface area contributed by atoms with Gasteiger partial charge in [-0.25, -0.2) is 0 Å². The van der Waals surface area contributed by atoms with Gasteiger partial charge in [0.25, 0.3) is 0 Å². The Labute approximate surface area is 178 Å². The van der Waals surface area contributed by atoms with E-state index in [0.29, 0.717) is 37.4 Å². The summed E-state index contributed by atoms with van der Waals surface area (Å²) in [5.41, 5.74) is 2.23. The van der Waals surface area contributed by atoms with Crippen molar-refractivity contribution >= 4 is 11.8 Å². The first kappa shape index (κ1) is 20.6. The Morgan fingerprint density at radius 1 is 1.17 bits per heavy atom. The highest BCUT2D eigenvalue weighted by Gasteiger charge is 2.41. The monoisotopic (exact) mass is 408 g/mol. The minimum absolute atomic E-state index is 0.0111. The number of nitrogens with one attached hydrogen (secondary N) is 1. The van der Waals surface area contributed by atoms with E-state index in [1.807, 2.05) is 34.0 Å². The van der Waals surface area contributed by atoms with E-state index >= 15 is 0 Å². The molecule has 2 aliphatic rings. The van der Waals surface area contributed by atoms with Gasteiger partial charge in [0.05, 0.1) is 12.5 Å². The Bertz CT molecular complexity index is 862. The van der Waals surface area contributed by atoms with Crippen LogP contribution >= 0.6 is 0 Å². The summed E-state index contributed by atoms with van der Waals surface area (Å²) >= 11 is 0. The summed E-state index contributed by atoms with van der Waals surface area (Å²) < 4.78 is 1.88. The Hall–Kier alpha value is -2.63. The van der Waals surface area contributed by atoms with Crippen LogP contribution in [0.3, 0.4) is 0 Å². The Kier molecular flexibility index (Phi) is 6.21. The molecule has 1 aromatic carbocycles. The Morgan fingerprint density at radius 2 is 1.93 bits per heavy atom. The zero-order valence-corrected chi connectivity index (χ0v) is 18.0. The molecule has 6 heteroatoms. The predicted molar refractivity (Wildman–Crippen MR) is 115 cm³/mol. The molecule has 1 N–H and O–H groups in total. The molecule has 0 unspecified atom stereocenters. The van der Waals surface area contributed by atoms with Gasteiger partial charge in [-0.15, -0.1) is 0 Å². The second kappa shape index (κ2) is 9.02. The normalized spacial score (nSPS) is 26.7. The van der Waals surface area contributed by atoms with Gasteiger partial charge in [0.2, 0.25) is 11.8 Å². The molecule has 0 radical (unpaired) electrons. The summed E-state index contributed by atoms with van der Waals surface area (Å²) in [6.45, 7) is 6.32. The van der Waals surface area contributed by atoms with E-state index in [4.69, 9.17) is 0 Å². The van der Waals surface area contributed by atoms with Crippen molar-refractivity contribution < 1.29 is 9.59 Å². The molecule has 1 aromatic heterocycles. The molecule has 2 amide bonds. The minimum atomic E-state index is -0.235. The molecule has 6 nitrogen and oxygen atoms in total. The summed E-state index contributed by atoms with van der Waals surface area (Å²) in [7, 11) is 0. The summed E-state index contributed by atoms with van der Waals surface area (Å²) in [5.74, 6) is 1.04. The van der Waals surface area contributed by atoms with Gasteiger partial charge in [-0.2, -0.15) is 5.10 Å². The smallest absolute Gasteiger partial charge is 0.225 e. The molecule has 160 valence electrons. The highest BCUT2D eigenvalue weighted by atomic mass is 16.2. The van der Waals surface area contributed by atoms with E-state index in [1.54, 1.807) is 6.20 Å². The largest absolute Gasteiger partial charge is 0.352 e. The lowest BCUT2D eigenvalue weighted by molar-refractivity contribution is -0.132. The molecule has 2 heterocycles. The number of rotatable bonds is 6. The van der Waals surface area contributed by atoms with Crippen LogP contribution in [0.1, 0.15) is 50.7 Å². The maximum Gasteiger partial charge on any atom is 0.225 e. The second-order valence-electron chi connectivity index (χ2n) is 9.02. The van der Waals surface area contributed by atoms with Gasteiger partial charge in [0, 0.05) is 37.9 Å². The quantitative estimate of drug-likeness (QED) is 0.798. The van der Waals surface area contributed by atoms with Crippen LogP contribution in [0.2, 0.25) is 0 Å². The SMILES string of the molecule is C[C@H]1[C@H](C)CCC[C@@H]1N1C[C@@H](C(=O)NCc2ccc(Cn3cccn3)cc2)CC1=O. The molecule has 0 bridgehead atoms. The summed E-state index contributed by atoms with van der Waals surface area (Å²) in [4.78, 5) is 27.3. The van der Waals surface area contributed by atoms with Crippen LogP contribution in [0.5, 0.6) is 0 Å². The molecule has 2 fully saturated rings. The van der Waals surface area contributed by atoms with Crippen molar-refractivity contribution in [3.63, 3.8) is 0 Å². The van der Waals surface area contributed by atoms with Crippen LogP contribution in [-0.2, 0) is 22.7 Å². The van der Waals surface area contributed by atoms with Crippen molar-refractivity contribution in [3.8, 4) is 0 Å². The molecule has 4 rings (SSSR count). The van der Waals surface area contributed by atoms with Crippen LogP contribution in [0.4, 0.5) is 0 Å². The van der Waals surface area contributed by atoms with E-state index in [1.165, 1.54) is 18.4 Å². The first-order valence-corrected chi connectivity index (χ1v) is 11.1. The average molecular weight is 409 g/mol. The van der Waals surface area contributed by atoms with Crippen LogP contribution < -0.4 is 5.32 Å². The van der Waals surface area contributed by atoms with Crippen molar-refractivity contribution in [2.24, 2.45) is 17.8 Å². The number of hydrogen-bond acceptors (Lipinski definition) is 3. The van der Waals surface area contributed by atoms with Crippen molar-refractivity contribution in [2.75, 3.05) is 6.54 Å². The molecule has 1 saturated carbocycles. The third-order valence-electron chi connectivity index (χ3n) is 6.99. The van der Waals surface area contributed by atoms with E-state index < -0.39 is 0 Å². The lowest BCUT2D eigenvalue weighted by Crippen LogP contribution is -2.45. The van der Waals surface area contributed by atoms with Crippen LogP contribution in [0.25, 0.3) is 0 Å². The number of carbonyl (C=O) groups is 2. The Morgan fingerprint density at radius 3 is 2.67 bits per heavy atom. The fraction of sp³-hybridized carbons (Fsp3) is 0.542. The average Bonchev–Trinajstić information content (AvgIpc) is 3.39. The molecule has 1 saturated heterocycles. The summed E-state index contributed by atoms with van der Waals surface area (Å²) in [5, 5.41) is 7.25. The highest BCUT2D eigenvalue weighted by molar-refractivity contribution is 5.89. The zero-order valence-electron chi connectivity index (χ0n) is 18.0. The van der Waals surface area contributed by atoms with Crippen molar-refractivity contribution in [1.82, 2.24) is 20.0 Å². The van der Waals surface area contributed by atoms with Gasteiger partial charge in [-0.1, -0.05) is 51.0 Å². The molecular formula is C24H32N4O2. The van der Waals surface area contributed by atoms with Crippen molar-refractivity contribution in [1.29, 1.82) is 0 Å². The summed E-state index contributed by atoms with van der Waals surface area (Å²) in [6.07, 6.45) is 7.53. The Balaban J connectivity index is 1.28. The number of hydrogen-bond donors (Lipinski definition) is 1. The molecule has 2 aromatic rings. The first-order chi connectivity index (χ1) is 14.5. The number of likely N-dealkylation sites (tertiary alicyclic amines) is 1. The van der Waals surface area contributed by atoms with Crippen LogP contribution in [0.15, 0.2) is 42.7 Å². The zero-order chi connectivity index (χ0) is 21.1. The molecule has 1 aliphatic carbocycles. The van der Waals surface area contributed by atoms with Crippen molar-refractivity contribution in [2.45, 2.75) is 58.7 Å². The lowest BCUT2D eigenvalue weighted by Gasteiger charge is -2.40. The van der Waals surface area contributed by atoms with Gasteiger partial charge in [-0.05, 0) is 35.4 Å². The number of aromatic nitrogens is 2. The van der Waals surface area contributed by atoms with Gasteiger partial charge >= 0.3 is 0 Å². The van der Waals surface area contributed by atoms with E-state index in [2.05, 4.69) is 36.4 Å². The van der Waals surface area contributed by atoms with E-state index in [-0.39, 0.29) is 17.7 Å². The maximum atomic E-state index is 12.7. The second-order valence-corrected chi connectivity index (χ2v) is 9.02. The van der Waals surface area contributed by atoms with Crippen LogP contribution in [0, 0.1) is 17.8 Å². The predicted octanol–water partition coefficient (Wildman–Crippen LogP) is 3.22. The van der Waals surface area contributed by atoms with Crippen molar-refractivity contribution in [3.05, 3.63) is 53.9 Å². The molecule has 30 heavy (non-hydrogen) atoms. The number of amides is 2. The van der Waals surface area contributed by atoms with Crippen LogP contribution in [-0.4, -0.2) is 39.1 Å². The van der Waals surface area contributed by atoms with Gasteiger partial charge in [-0.3, -0.25) is 14.3 Å². The first-order valence-electron chi connectivity index (χ1n) is 11.1. The minimum Gasteiger partial charge on any atom is -0.352 e.